The Morgan fingerprint density at radius 1 is 0.922 bits per heavy atom. The van der Waals surface area contributed by atoms with E-state index in [-0.39, 0.29) is 87.5 Å². The molecule has 1 saturated heterocycles. The van der Waals surface area contributed by atoms with E-state index in [9.17, 15) is 40.9 Å². The monoisotopic (exact) mass is 1070 g/mol. The molecular formula is C62H95N3O12. The zero-order valence-corrected chi connectivity index (χ0v) is 46.6. The quantitative estimate of drug-likeness (QED) is 0.0963. The molecule has 77 heavy (non-hydrogen) atoms. The van der Waals surface area contributed by atoms with Gasteiger partial charge in [0, 0.05) is 66.2 Å². The Morgan fingerprint density at radius 3 is 2.38 bits per heavy atom. The third kappa shape index (κ3) is 8.16. The minimum atomic E-state index is -1.97. The number of carbonyl (C=O) groups is 1. The number of dihydropyridines is 1. The van der Waals surface area contributed by atoms with Crippen molar-refractivity contribution in [3.63, 3.8) is 0 Å². The summed E-state index contributed by atoms with van der Waals surface area (Å²) in [5.41, 5.74) is -4.38. The molecule has 430 valence electrons. The molecule has 0 aromatic heterocycles. The number of carbonyl (C=O) groups excluding carboxylic acids is 1. The lowest BCUT2D eigenvalue weighted by atomic mass is 9.30. The van der Waals surface area contributed by atoms with Gasteiger partial charge in [-0.15, -0.1) is 0 Å². The summed E-state index contributed by atoms with van der Waals surface area (Å²) in [5.74, 6) is -1.99. The van der Waals surface area contributed by atoms with Crippen LogP contribution in [-0.2, 0) is 14.3 Å². The van der Waals surface area contributed by atoms with Crippen molar-refractivity contribution in [2.75, 3.05) is 26.9 Å². The van der Waals surface area contributed by atoms with E-state index in [1.54, 1.807) is 21.0 Å². The predicted octanol–water partition coefficient (Wildman–Crippen LogP) is 5.01. The lowest BCUT2D eigenvalue weighted by Gasteiger charge is -2.74. The maximum Gasteiger partial charge on any atom is 0.182 e. The number of ketones is 1. The van der Waals surface area contributed by atoms with Gasteiger partial charge in [0.25, 0.3) is 0 Å². The highest BCUT2D eigenvalue weighted by molar-refractivity contribution is 6.01. The average molecular weight is 1070 g/mol. The molecule has 0 amide bonds. The fourth-order valence-corrected chi connectivity index (χ4v) is 20.4. The van der Waals surface area contributed by atoms with E-state index in [0.717, 1.165) is 69.1 Å². The van der Waals surface area contributed by atoms with Crippen molar-refractivity contribution in [2.45, 2.75) is 227 Å². The van der Waals surface area contributed by atoms with Crippen molar-refractivity contribution in [1.29, 1.82) is 0 Å². The summed E-state index contributed by atoms with van der Waals surface area (Å²) < 4.78 is 12.8. The second-order valence-corrected chi connectivity index (χ2v) is 27.3. The topological polar surface area (TPSA) is 268 Å². The van der Waals surface area contributed by atoms with Crippen molar-refractivity contribution < 1.29 is 60.2 Å². The van der Waals surface area contributed by atoms with Gasteiger partial charge in [-0.25, -0.2) is 0 Å². The molecule has 13 N–H and O–H groups in total. The van der Waals surface area contributed by atoms with Crippen LogP contribution in [0.5, 0.6) is 0 Å². The molecule has 12 rings (SSSR count). The van der Waals surface area contributed by atoms with E-state index in [1.165, 1.54) is 0 Å². The van der Waals surface area contributed by atoms with Gasteiger partial charge in [-0.05, 0) is 164 Å². The first-order valence-corrected chi connectivity index (χ1v) is 30.4. The molecule has 2 spiro atoms. The smallest absolute Gasteiger partial charge is 0.182 e. The average Bonchev–Trinajstić information content (AvgIpc) is 2.62. The Morgan fingerprint density at radius 2 is 1.65 bits per heavy atom. The molecule has 20 atom stereocenters. The minimum Gasteiger partial charge on any atom is -0.396 e. The van der Waals surface area contributed by atoms with E-state index in [1.807, 2.05) is 24.3 Å². The van der Waals surface area contributed by atoms with Crippen molar-refractivity contribution in [3.8, 4) is 0 Å². The Balaban J connectivity index is 1.14. The third-order valence-corrected chi connectivity index (χ3v) is 23.6. The number of hydrogen-bond donors (Lipinski definition) is 12. The number of nitrogens with two attached hydrogens (primary N) is 1. The Kier molecular flexibility index (Phi) is 15.0. The number of hydrogen-bond acceptors (Lipinski definition) is 15. The number of methoxy groups -OCH3 is 1. The molecule has 0 radical (unpaired) electrons. The molecule has 12 aliphatic rings. The SMILES string of the molecule is CCC[C@@H]1CC[C@H]2[C@H]3[C@@H](O[C@@H]2CC1)[C@@](O)([C@](C)(O)[C@H]1CC[C@@]2(O)C4=C(NC[C@H](C)O)C(=O)[C@@H]5C[C@@H](O)[C@@H](O)C[C@@]56C[C@]5(C7=C(CCCO)NC(N)C=C7)C=C[C@]46[C@](O)(C=C5)C[C@]12C1CCC(CCOC)CC1)CCC[C@@H]3O. The molecule has 1 unspecified atom stereocenters. The van der Waals surface area contributed by atoms with Crippen LogP contribution in [0.1, 0.15) is 162 Å². The lowest BCUT2D eigenvalue weighted by molar-refractivity contribution is -0.285. The van der Waals surface area contributed by atoms with E-state index in [0.29, 0.717) is 62.5 Å². The first kappa shape index (κ1) is 56.4. The molecule has 0 aromatic rings. The summed E-state index contributed by atoms with van der Waals surface area (Å²) in [4.78, 5) is 16.3. The maximum absolute atomic E-state index is 16.3. The summed E-state index contributed by atoms with van der Waals surface area (Å²) in [6, 6.07) is 0. The number of Topliss-reactive ketones (excluding diaryl/α,β-unsaturated/α-hetero) is 1. The molecule has 2 bridgehead atoms. The zero-order chi connectivity index (χ0) is 54.7. The van der Waals surface area contributed by atoms with Crippen LogP contribution in [0.2, 0.25) is 0 Å². The van der Waals surface area contributed by atoms with Crippen LogP contribution in [0.15, 0.2) is 59.0 Å². The maximum atomic E-state index is 16.3. The van der Waals surface area contributed by atoms with Gasteiger partial charge in [0.2, 0.25) is 0 Å². The second kappa shape index (κ2) is 20.4. The molecule has 6 saturated carbocycles. The summed E-state index contributed by atoms with van der Waals surface area (Å²) in [6.45, 7) is 6.10. The van der Waals surface area contributed by atoms with Gasteiger partial charge in [-0.2, -0.15) is 0 Å². The Bertz CT molecular complexity index is 2400. The van der Waals surface area contributed by atoms with Gasteiger partial charge in [0.1, 0.15) is 5.60 Å². The van der Waals surface area contributed by atoms with Crippen molar-refractivity contribution >= 4 is 5.78 Å². The first-order chi connectivity index (χ1) is 36.7. The van der Waals surface area contributed by atoms with Crippen LogP contribution in [0.3, 0.4) is 0 Å². The van der Waals surface area contributed by atoms with Gasteiger partial charge in [0.15, 0.2) is 5.78 Å². The Labute approximate surface area is 456 Å². The highest BCUT2D eigenvalue weighted by Gasteiger charge is 2.85. The van der Waals surface area contributed by atoms with E-state index in [4.69, 9.17) is 15.2 Å². The number of fused-ring (bicyclic) bond motifs is 5. The lowest BCUT2D eigenvalue weighted by Crippen LogP contribution is -2.78. The summed E-state index contributed by atoms with van der Waals surface area (Å²) in [5, 5.41) is 123. The fourth-order valence-electron chi connectivity index (χ4n) is 20.4. The van der Waals surface area contributed by atoms with Crippen LogP contribution in [-0.4, -0.2) is 144 Å². The van der Waals surface area contributed by atoms with Crippen LogP contribution < -0.4 is 16.4 Å². The van der Waals surface area contributed by atoms with Gasteiger partial charge in [-0.1, -0.05) is 69.4 Å². The van der Waals surface area contributed by atoms with Crippen LogP contribution in [0.25, 0.3) is 0 Å². The first-order valence-electron chi connectivity index (χ1n) is 30.4. The number of allylic oxidation sites excluding steroid dienone is 6. The van der Waals surface area contributed by atoms with E-state index in [2.05, 4.69) is 29.7 Å². The molecule has 2 aliphatic heterocycles. The summed E-state index contributed by atoms with van der Waals surface area (Å²) in [6.07, 6.45) is 18.3. The number of nitrogens with one attached hydrogen (secondary N) is 2. The normalized spacial score (nSPS) is 49.1. The van der Waals surface area contributed by atoms with Gasteiger partial charge >= 0.3 is 0 Å². The van der Waals surface area contributed by atoms with Crippen molar-refractivity contribution in [3.05, 3.63) is 59.0 Å². The number of rotatable bonds is 15. The Hall–Kier alpha value is -2.51. The number of aliphatic hydroxyl groups is 9. The standard InChI is InChI=1S/C62H95N3O12/c1-5-8-37-13-17-40-47(19-14-37)77-54-50(40)44(68)10-6-23-62(54,75)55(3,72)48-21-24-61(74)53-51(64-33-36(2)67)52(71)42-31-45(69)46(70)32-57(42)34-56(41-18-20-49(63)65-43(41)9-7-29-66)25-27-58(73,60(53,57)28-26-56)35-59(48,61)39-15-11-38(12-16-39)22-30-76-4/h18,20,25-28,36-40,42,44-50,54,64-70,72-75H,5-17,19,21-24,29-35,63H2,1-4H3/t36-,37+,38?,39?,40+,42-,44-,45+,46-,47+,48+,49?,50+,54+,55+,56+,57+,58-,59-,60-,61+,62+/m0/s1. The molecule has 10 aliphatic carbocycles. The van der Waals surface area contributed by atoms with Crippen LogP contribution in [0.4, 0.5) is 0 Å². The molecule has 2 heterocycles. The van der Waals surface area contributed by atoms with Gasteiger partial charge in [-0.3, -0.25) is 4.79 Å². The molecule has 0 aromatic carbocycles. The third-order valence-electron chi connectivity index (χ3n) is 23.6. The fraction of sp³-hybridized carbons (Fsp3) is 0.823. The van der Waals surface area contributed by atoms with Gasteiger partial charge in [0.05, 0.1) is 70.7 Å². The summed E-state index contributed by atoms with van der Waals surface area (Å²) >= 11 is 0. The van der Waals surface area contributed by atoms with Crippen molar-refractivity contribution in [2.24, 2.45) is 68.8 Å². The molecule has 7 fully saturated rings. The molecule has 15 heteroatoms. The largest absolute Gasteiger partial charge is 0.396 e. The van der Waals surface area contributed by atoms with E-state index >= 15 is 9.90 Å². The highest BCUT2D eigenvalue weighted by Crippen LogP contribution is 2.83. The van der Waals surface area contributed by atoms with Crippen LogP contribution >= 0.6 is 0 Å². The number of aliphatic hydroxyl groups excluding tert-OH is 5. The van der Waals surface area contributed by atoms with E-state index < -0.39 is 98.5 Å². The molecular weight excluding hydrogens is 979 g/mol. The van der Waals surface area contributed by atoms with Gasteiger partial charge < -0.3 is 71.8 Å². The van der Waals surface area contributed by atoms with Crippen molar-refractivity contribution in [1.82, 2.24) is 10.6 Å². The van der Waals surface area contributed by atoms with Crippen LogP contribution in [0, 0.1) is 63.1 Å². The zero-order valence-electron chi connectivity index (χ0n) is 46.6. The molecule has 15 nitrogen and oxygen atoms in total. The minimum absolute atomic E-state index is 0.00796. The summed E-state index contributed by atoms with van der Waals surface area (Å²) in [7, 11) is 1.71. The highest BCUT2D eigenvalue weighted by atomic mass is 16.5. The second-order valence-electron chi connectivity index (χ2n) is 27.3. The predicted molar refractivity (Wildman–Crippen MR) is 290 cm³/mol. The number of ether oxygens (including phenoxy) is 2.